The molecule has 2 aliphatic heterocycles. The number of nitrogens with two attached hydrogens (primary N) is 2. The molecule has 2 fully saturated rings. The van der Waals surface area contributed by atoms with Crippen molar-refractivity contribution in [2.24, 2.45) is 0 Å². The summed E-state index contributed by atoms with van der Waals surface area (Å²) in [5, 5.41) is 25.9. The zero-order valence-corrected chi connectivity index (χ0v) is 34.0. The van der Waals surface area contributed by atoms with Gasteiger partial charge in [0.1, 0.15) is 60.1 Å². The average Bonchev–Trinajstić information content (AvgIpc) is 3.87. The predicted octanol–water partition coefficient (Wildman–Crippen LogP) is -0.461. The minimum atomic E-state index is -5.30. The molecule has 5 heterocycles. The topological polar surface area (TPSA) is 367 Å². The van der Waals surface area contributed by atoms with E-state index in [1.54, 1.807) is 18.2 Å². The molecule has 1 aromatic carbocycles. The molecule has 25 nitrogen and oxygen atoms in total. The highest BCUT2D eigenvalue weighted by Crippen LogP contribution is 2.56. The number of phosphoric acid groups is 1. The fourth-order valence-corrected chi connectivity index (χ4v) is 8.63. The van der Waals surface area contributed by atoms with Crippen molar-refractivity contribution < 1.29 is 71.6 Å². The van der Waals surface area contributed by atoms with Crippen LogP contribution in [0.2, 0.25) is 5.02 Å². The lowest BCUT2D eigenvalue weighted by atomic mass is 10.1. The first-order valence-electron chi connectivity index (χ1n) is 18.0. The van der Waals surface area contributed by atoms with Crippen molar-refractivity contribution in [2.45, 2.75) is 67.5 Å². The van der Waals surface area contributed by atoms with Crippen LogP contribution in [0.15, 0.2) is 66.6 Å². The Bertz CT molecular complexity index is 2400. The van der Waals surface area contributed by atoms with Gasteiger partial charge in [-0.2, -0.15) is 4.98 Å². The van der Waals surface area contributed by atoms with E-state index in [9.17, 15) is 48.4 Å². The normalized spacial score (nSPS) is 25.5. The molecular formula is C33H40ClN9O16P2. The van der Waals surface area contributed by atoms with Gasteiger partial charge in [-0.05, 0) is 30.7 Å². The number of nitrogens with one attached hydrogen (secondary N) is 1. The van der Waals surface area contributed by atoms with Crippen LogP contribution >= 0.6 is 27.0 Å². The maximum absolute atomic E-state index is 14.1. The van der Waals surface area contributed by atoms with E-state index in [4.69, 9.17) is 46.5 Å². The molecule has 0 spiro atoms. The second-order valence-electron chi connectivity index (χ2n) is 13.5. The fraction of sp³-hybridized carbons (Fsp3) is 0.424. The summed E-state index contributed by atoms with van der Waals surface area (Å²) in [6.45, 7) is 1.02. The summed E-state index contributed by atoms with van der Waals surface area (Å²) >= 11 is 6.07. The minimum absolute atomic E-state index is 0.0278. The predicted molar refractivity (Wildman–Crippen MR) is 208 cm³/mol. The first kappa shape index (κ1) is 45.6. The van der Waals surface area contributed by atoms with Gasteiger partial charge in [-0.15, -0.1) is 6.58 Å². The number of carbonyl (C=O) groups excluding carboxylic acids is 2. The molecule has 61 heavy (non-hydrogen) atoms. The second-order valence-corrected chi connectivity index (χ2v) is 17.1. The monoisotopic (exact) mass is 915 g/mol. The van der Waals surface area contributed by atoms with Crippen molar-refractivity contribution in [3.05, 3.63) is 77.3 Å². The number of imidazole rings is 1. The number of phosphoric ester groups is 1. The summed E-state index contributed by atoms with van der Waals surface area (Å²) in [6, 6.07) is 5.81. The van der Waals surface area contributed by atoms with Crippen LogP contribution < -0.4 is 27.2 Å². The molecule has 3 unspecified atom stereocenters. The molecule has 10 atom stereocenters. The van der Waals surface area contributed by atoms with Gasteiger partial charge < -0.3 is 65.1 Å². The van der Waals surface area contributed by atoms with Crippen molar-refractivity contribution in [3.8, 4) is 5.75 Å². The Balaban J connectivity index is 1.29. The largest absolute Gasteiger partial charge is 0.491 e. The Morgan fingerprint density at radius 1 is 1.02 bits per heavy atom. The quantitative estimate of drug-likeness (QED) is 0.0355. The number of rotatable bonds is 18. The van der Waals surface area contributed by atoms with Crippen molar-refractivity contribution in [1.82, 2.24) is 34.4 Å². The Hall–Kier alpha value is -4.88. The van der Waals surface area contributed by atoms with E-state index in [-0.39, 0.29) is 41.4 Å². The second kappa shape index (κ2) is 19.0. The molecule has 0 radical (unpaired) electrons. The maximum Gasteiger partial charge on any atom is 0.469 e. The molecule has 10 N–H and O–H groups in total. The van der Waals surface area contributed by atoms with E-state index in [1.807, 2.05) is 0 Å². The molecule has 0 aliphatic carbocycles. The van der Waals surface area contributed by atoms with Gasteiger partial charge in [0, 0.05) is 17.6 Å². The first-order chi connectivity index (χ1) is 28.9. The molecule has 6 rings (SSSR count). The van der Waals surface area contributed by atoms with Crippen LogP contribution in [0.3, 0.4) is 0 Å². The number of aliphatic hydroxyl groups is 2. The van der Waals surface area contributed by atoms with Crippen LogP contribution in [0.1, 0.15) is 25.3 Å². The molecule has 2 saturated heterocycles. The van der Waals surface area contributed by atoms with Crippen LogP contribution in [-0.4, -0.2) is 128 Å². The number of fused-ring (bicyclic) bond motifs is 1. The maximum atomic E-state index is 14.1. The third-order valence-electron chi connectivity index (χ3n) is 9.30. The van der Waals surface area contributed by atoms with Crippen LogP contribution in [0.25, 0.3) is 11.2 Å². The Morgan fingerprint density at radius 3 is 2.44 bits per heavy atom. The first-order valence-corrected chi connectivity index (χ1v) is 21.5. The smallest absolute Gasteiger partial charge is 0.469 e. The number of allylic oxidation sites excluding steroid dienone is 1. The number of carbonyl (C=O) groups is 2. The van der Waals surface area contributed by atoms with E-state index < -0.39 is 107 Å². The Labute approximate surface area is 349 Å². The molecule has 28 heteroatoms. The highest BCUT2D eigenvalue weighted by atomic mass is 35.5. The van der Waals surface area contributed by atoms with Crippen LogP contribution in [0.4, 0.5) is 11.6 Å². The zero-order chi connectivity index (χ0) is 44.2. The van der Waals surface area contributed by atoms with E-state index in [2.05, 4.69) is 36.4 Å². The van der Waals surface area contributed by atoms with Crippen molar-refractivity contribution in [2.75, 3.05) is 31.3 Å². The molecule has 0 bridgehead atoms. The van der Waals surface area contributed by atoms with Gasteiger partial charge >= 0.3 is 27.1 Å². The lowest BCUT2D eigenvalue weighted by Gasteiger charge is -2.27. The number of aliphatic hydroxyl groups excluding tert-OH is 2. The van der Waals surface area contributed by atoms with Crippen LogP contribution in [0, 0.1) is 0 Å². The minimum Gasteiger partial charge on any atom is -0.491 e. The number of ether oxygens (including phenoxy) is 4. The van der Waals surface area contributed by atoms with E-state index >= 15 is 0 Å². The summed E-state index contributed by atoms with van der Waals surface area (Å²) in [7, 11) is -10.5. The number of aromatic nitrogens is 6. The van der Waals surface area contributed by atoms with Gasteiger partial charge in [-0.25, -0.2) is 29.1 Å². The Kier molecular flexibility index (Phi) is 14.2. The van der Waals surface area contributed by atoms with Crippen molar-refractivity contribution >= 4 is 61.7 Å². The lowest BCUT2D eigenvalue weighted by molar-refractivity contribution is -0.161. The summed E-state index contributed by atoms with van der Waals surface area (Å²) in [4.78, 5) is 85.2. The standard InChI is InChI=1S/C33H40ClN9O16P2/c1-2-3-7-22(44)40-18(11-54-17-6-4-5-16(34)10-17)32(47)59-26-19(57-30(24(26)45)43-15-39-23-28(36)37-14-38-29(23)43)12-55-60(49,50)27-20(13-56-61(51,52)53)58-31(25(27)46)42-9-8-21(35)41-33(42)48/h2,4-6,8-10,14-15,18-20,24-27,30-31,45-46H,1,3,7,11-13H2,(H,40,44)(H,49,50)(H2,35,41,48)(H2,36,37,38)(H2,51,52,53)/t18-,19?,20?,24+,25+,26+,27+,30+,31+/m0/s1. The van der Waals surface area contributed by atoms with Gasteiger partial charge in [0.05, 0.1) is 19.5 Å². The van der Waals surface area contributed by atoms with E-state index in [0.29, 0.717) is 5.02 Å². The van der Waals surface area contributed by atoms with Crippen LogP contribution in [0.5, 0.6) is 5.75 Å². The van der Waals surface area contributed by atoms with E-state index in [0.717, 1.165) is 23.2 Å². The number of amides is 1. The van der Waals surface area contributed by atoms with Gasteiger partial charge in [0.15, 0.2) is 36.1 Å². The lowest BCUT2D eigenvalue weighted by Crippen LogP contribution is -2.49. The number of hydrogen-bond acceptors (Lipinski definition) is 19. The van der Waals surface area contributed by atoms with Gasteiger partial charge in [0.2, 0.25) is 5.91 Å². The van der Waals surface area contributed by atoms with Crippen molar-refractivity contribution in [3.63, 3.8) is 0 Å². The highest BCUT2D eigenvalue weighted by molar-refractivity contribution is 7.53. The summed E-state index contributed by atoms with van der Waals surface area (Å²) < 4.78 is 60.8. The summed E-state index contributed by atoms with van der Waals surface area (Å²) in [6.07, 6.45) is -7.30. The molecule has 2 aliphatic rings. The summed E-state index contributed by atoms with van der Waals surface area (Å²) in [5.41, 5.74) is 8.56. The third kappa shape index (κ3) is 10.8. The number of nitrogen functional groups attached to an aromatic ring is 2. The number of halogens is 1. The molecule has 0 saturated carbocycles. The molecule has 4 aromatic rings. The third-order valence-corrected chi connectivity index (χ3v) is 11.9. The van der Waals surface area contributed by atoms with Gasteiger partial charge in [0.25, 0.3) is 0 Å². The summed E-state index contributed by atoms with van der Waals surface area (Å²) in [5.74, 6) is -1.74. The van der Waals surface area contributed by atoms with Crippen molar-refractivity contribution in [1.29, 1.82) is 0 Å². The molecular weight excluding hydrogens is 876 g/mol. The van der Waals surface area contributed by atoms with Gasteiger partial charge in [-0.1, -0.05) is 23.7 Å². The SMILES string of the molecule is C=CCCC(=O)N[C@@H](COc1cccc(Cl)c1)C(=O)O[C@@H]1C(COP(=O)(O)[C@@H]2C(COP(=O)(O)O)O[C@@H](n3ccc(N)nc3=O)[C@@H]2O)O[C@@H](n2cnc3c(N)ncnc32)[C@@H]1O. The average molecular weight is 916 g/mol. The number of benzene rings is 1. The molecule has 3 aromatic heterocycles. The van der Waals surface area contributed by atoms with Gasteiger partial charge in [-0.3, -0.25) is 23.0 Å². The van der Waals surface area contributed by atoms with E-state index in [1.165, 1.54) is 23.0 Å². The highest BCUT2D eigenvalue weighted by Gasteiger charge is 2.56. The molecule has 1 amide bonds. The number of esters is 1. The fourth-order valence-electron chi connectivity index (χ4n) is 6.46. The molecule has 330 valence electrons. The number of anilines is 2. The zero-order valence-electron chi connectivity index (χ0n) is 31.5. The van der Waals surface area contributed by atoms with Crippen LogP contribution in [-0.2, 0) is 42.0 Å². The Morgan fingerprint density at radius 2 is 1.74 bits per heavy atom. The number of nitrogens with zero attached hydrogens (tertiary/aromatic N) is 6. The number of hydrogen-bond donors (Lipinski definition) is 8.